The molecule has 1 fully saturated rings. The summed E-state index contributed by atoms with van der Waals surface area (Å²) in [6.07, 6.45) is 5.40. The van der Waals surface area contributed by atoms with Gasteiger partial charge in [0.1, 0.15) is 11.3 Å². The molecule has 1 amide bonds. The number of amides is 1. The number of rotatable bonds is 8. The molecule has 0 aliphatic heterocycles. The third-order valence-electron chi connectivity index (χ3n) is 5.54. The Labute approximate surface area is 172 Å². The number of hydrogen-bond acceptors (Lipinski definition) is 4. The number of esters is 1. The van der Waals surface area contributed by atoms with E-state index in [1.54, 1.807) is 13.8 Å². The monoisotopic (exact) mass is 395 g/mol. The Morgan fingerprint density at radius 3 is 2.31 bits per heavy atom. The van der Waals surface area contributed by atoms with E-state index in [1.807, 2.05) is 24.3 Å². The average Bonchev–Trinajstić information content (AvgIpc) is 3.02. The molecule has 154 valence electrons. The zero-order valence-corrected chi connectivity index (χ0v) is 17.3. The van der Waals surface area contributed by atoms with Crippen LogP contribution in [0.2, 0.25) is 0 Å². The van der Waals surface area contributed by atoms with Gasteiger partial charge in [0.2, 0.25) is 0 Å². The van der Waals surface area contributed by atoms with Gasteiger partial charge in [-0.3, -0.25) is 4.79 Å². The highest BCUT2D eigenvalue weighted by molar-refractivity contribution is 6.01. The van der Waals surface area contributed by atoms with Crippen molar-refractivity contribution >= 4 is 11.9 Å². The molecule has 1 saturated carbocycles. The molecule has 5 heteroatoms. The molecule has 0 bridgehead atoms. The van der Waals surface area contributed by atoms with Crippen molar-refractivity contribution in [1.29, 1.82) is 0 Å². The summed E-state index contributed by atoms with van der Waals surface area (Å²) in [6.45, 7) is 11.6. The van der Waals surface area contributed by atoms with Crippen LogP contribution in [0.25, 0.3) is 0 Å². The topological polar surface area (TPSA) is 64.6 Å². The summed E-state index contributed by atoms with van der Waals surface area (Å²) in [5, 5.41) is 2.96. The smallest absolute Gasteiger partial charge is 0.332 e. The molecule has 1 aromatic rings. The lowest BCUT2D eigenvalue weighted by molar-refractivity contribution is -0.152. The van der Waals surface area contributed by atoms with Crippen LogP contribution < -0.4 is 5.32 Å². The molecule has 0 unspecified atom stereocenters. The highest BCUT2D eigenvalue weighted by atomic mass is 16.5. The van der Waals surface area contributed by atoms with Gasteiger partial charge in [-0.1, -0.05) is 43.5 Å². The molecular formula is C24H29NO4. The van der Waals surface area contributed by atoms with E-state index in [2.05, 4.69) is 18.5 Å². The van der Waals surface area contributed by atoms with Crippen molar-refractivity contribution in [2.45, 2.75) is 57.6 Å². The predicted molar refractivity (Wildman–Crippen MR) is 112 cm³/mol. The van der Waals surface area contributed by atoms with E-state index in [4.69, 9.17) is 9.47 Å². The summed E-state index contributed by atoms with van der Waals surface area (Å²) >= 11 is 0. The fourth-order valence-corrected chi connectivity index (χ4v) is 3.79. The SMILES string of the molecule is C=C/C(C(=O)NC1(C(=O)OCC)Cc2ccccc2C1)=C(/OC1CCC1)C(=C)C. The molecule has 0 spiro atoms. The van der Waals surface area contributed by atoms with E-state index < -0.39 is 17.4 Å². The number of benzene rings is 1. The molecule has 3 rings (SSSR count). The van der Waals surface area contributed by atoms with Crippen molar-refractivity contribution in [2.24, 2.45) is 0 Å². The van der Waals surface area contributed by atoms with Crippen molar-refractivity contribution in [3.05, 3.63) is 71.5 Å². The van der Waals surface area contributed by atoms with Gasteiger partial charge < -0.3 is 14.8 Å². The minimum atomic E-state index is -1.14. The van der Waals surface area contributed by atoms with Crippen LogP contribution in [0.5, 0.6) is 0 Å². The average molecular weight is 395 g/mol. The van der Waals surface area contributed by atoms with Gasteiger partial charge >= 0.3 is 5.97 Å². The standard InChI is InChI=1S/C24H29NO4/c1-5-20(21(16(3)4)29-19-12-9-13-19)22(26)25-24(23(27)28-6-2)14-17-10-7-8-11-18(17)15-24/h5,7-8,10-11,19H,1,3,6,9,12-15H2,2,4H3,(H,25,26)/b21-20-. The maximum Gasteiger partial charge on any atom is 0.332 e. The normalized spacial score (nSPS) is 18.0. The Hall–Kier alpha value is -2.82. The van der Waals surface area contributed by atoms with E-state index >= 15 is 0 Å². The highest BCUT2D eigenvalue weighted by Gasteiger charge is 2.46. The second-order valence-corrected chi connectivity index (χ2v) is 7.78. The Morgan fingerprint density at radius 2 is 1.86 bits per heavy atom. The third-order valence-corrected chi connectivity index (χ3v) is 5.54. The lowest BCUT2D eigenvalue weighted by Gasteiger charge is -2.30. The van der Waals surface area contributed by atoms with Gasteiger partial charge in [0.05, 0.1) is 18.3 Å². The first-order valence-corrected chi connectivity index (χ1v) is 10.2. The van der Waals surface area contributed by atoms with E-state index in [0.717, 1.165) is 30.4 Å². The molecule has 2 aliphatic carbocycles. The van der Waals surface area contributed by atoms with Crippen LogP contribution in [0.3, 0.4) is 0 Å². The van der Waals surface area contributed by atoms with Gasteiger partial charge in [-0.2, -0.15) is 0 Å². The van der Waals surface area contributed by atoms with Gasteiger partial charge in [0.15, 0.2) is 0 Å². The van der Waals surface area contributed by atoms with Crippen LogP contribution in [0, 0.1) is 0 Å². The number of carbonyl (C=O) groups is 2. The Kier molecular flexibility index (Phi) is 6.26. The summed E-state index contributed by atoms with van der Waals surface area (Å²) in [7, 11) is 0. The molecule has 1 aromatic carbocycles. The van der Waals surface area contributed by atoms with Crippen LogP contribution in [-0.4, -0.2) is 30.1 Å². The zero-order valence-electron chi connectivity index (χ0n) is 17.3. The Bertz CT molecular complexity index is 838. The maximum atomic E-state index is 13.3. The number of allylic oxidation sites excluding steroid dienone is 1. The zero-order chi connectivity index (χ0) is 21.0. The minimum Gasteiger partial charge on any atom is -0.489 e. The molecule has 0 radical (unpaired) electrons. The van der Waals surface area contributed by atoms with Gasteiger partial charge in [-0.25, -0.2) is 4.79 Å². The van der Waals surface area contributed by atoms with Crippen LogP contribution in [0.1, 0.15) is 44.2 Å². The summed E-state index contributed by atoms with van der Waals surface area (Å²) in [4.78, 5) is 26.2. The number of nitrogens with one attached hydrogen (secondary N) is 1. The Balaban J connectivity index is 1.91. The van der Waals surface area contributed by atoms with E-state index in [1.165, 1.54) is 6.08 Å². The fourth-order valence-electron chi connectivity index (χ4n) is 3.79. The predicted octanol–water partition coefficient (Wildman–Crippen LogP) is 3.79. The summed E-state index contributed by atoms with van der Waals surface area (Å²) in [5.74, 6) is -0.389. The van der Waals surface area contributed by atoms with Crippen molar-refractivity contribution in [3.63, 3.8) is 0 Å². The van der Waals surface area contributed by atoms with Crippen molar-refractivity contribution in [1.82, 2.24) is 5.32 Å². The van der Waals surface area contributed by atoms with E-state index in [-0.39, 0.29) is 12.7 Å². The molecule has 0 aromatic heterocycles. The fraction of sp³-hybridized carbons (Fsp3) is 0.417. The second kappa shape index (κ2) is 8.68. The Morgan fingerprint density at radius 1 is 1.24 bits per heavy atom. The second-order valence-electron chi connectivity index (χ2n) is 7.78. The lowest BCUT2D eigenvalue weighted by Crippen LogP contribution is -2.56. The van der Waals surface area contributed by atoms with Gasteiger partial charge in [0.25, 0.3) is 5.91 Å². The maximum absolute atomic E-state index is 13.3. The minimum absolute atomic E-state index is 0.0965. The highest BCUT2D eigenvalue weighted by Crippen LogP contribution is 2.33. The largest absolute Gasteiger partial charge is 0.489 e. The van der Waals surface area contributed by atoms with Crippen LogP contribution in [0.4, 0.5) is 0 Å². The van der Waals surface area contributed by atoms with Crippen molar-refractivity contribution in [2.75, 3.05) is 6.61 Å². The molecule has 2 aliphatic rings. The van der Waals surface area contributed by atoms with E-state index in [9.17, 15) is 9.59 Å². The van der Waals surface area contributed by atoms with Crippen LogP contribution >= 0.6 is 0 Å². The van der Waals surface area contributed by atoms with E-state index in [0.29, 0.717) is 29.7 Å². The molecule has 29 heavy (non-hydrogen) atoms. The molecule has 5 nitrogen and oxygen atoms in total. The summed E-state index contributed by atoms with van der Waals surface area (Å²) in [5.41, 5.74) is 1.89. The van der Waals surface area contributed by atoms with Gasteiger partial charge in [0, 0.05) is 12.8 Å². The van der Waals surface area contributed by atoms with Crippen LogP contribution in [0.15, 0.2) is 60.4 Å². The number of hydrogen-bond donors (Lipinski definition) is 1. The number of ether oxygens (including phenoxy) is 2. The van der Waals surface area contributed by atoms with Gasteiger partial charge in [-0.05, 0) is 49.8 Å². The van der Waals surface area contributed by atoms with Crippen molar-refractivity contribution in [3.8, 4) is 0 Å². The van der Waals surface area contributed by atoms with Crippen LogP contribution in [-0.2, 0) is 31.9 Å². The van der Waals surface area contributed by atoms with Crippen molar-refractivity contribution < 1.29 is 19.1 Å². The molecular weight excluding hydrogens is 366 g/mol. The lowest BCUT2D eigenvalue weighted by atomic mass is 9.94. The number of carbonyl (C=O) groups excluding carboxylic acids is 2. The quantitative estimate of drug-likeness (QED) is 0.315. The summed E-state index contributed by atoms with van der Waals surface area (Å²) in [6, 6.07) is 7.82. The number of fused-ring (bicyclic) bond motifs is 1. The molecule has 0 heterocycles. The summed E-state index contributed by atoms with van der Waals surface area (Å²) < 4.78 is 11.4. The molecule has 0 atom stereocenters. The first-order valence-electron chi connectivity index (χ1n) is 10.2. The molecule has 1 N–H and O–H groups in total. The third kappa shape index (κ3) is 4.29. The first-order chi connectivity index (χ1) is 13.9. The first kappa shape index (κ1) is 20.9. The molecule has 0 saturated heterocycles. The van der Waals surface area contributed by atoms with Gasteiger partial charge in [-0.15, -0.1) is 0 Å².